The minimum atomic E-state index is 0.319. The molecule has 0 aromatic rings. The van der Waals surface area contributed by atoms with E-state index in [1.54, 1.807) is 0 Å². The quantitative estimate of drug-likeness (QED) is 0.651. The molecule has 0 heterocycles. The Balaban J connectivity index is 4.36. The van der Waals surface area contributed by atoms with Crippen molar-refractivity contribution in [2.45, 2.75) is 71.7 Å². The lowest BCUT2D eigenvalue weighted by atomic mass is 10.0. The van der Waals surface area contributed by atoms with E-state index in [9.17, 15) is 0 Å². The molecule has 0 aromatic carbocycles. The van der Waals surface area contributed by atoms with Crippen LogP contribution in [-0.2, 0) is 0 Å². The molecule has 0 amide bonds. The van der Waals surface area contributed by atoms with Gasteiger partial charge in [-0.05, 0) is 39.0 Å². The molecule has 92 valence electrons. The molecule has 1 unspecified atom stereocenters. The Morgan fingerprint density at radius 1 is 1.13 bits per heavy atom. The van der Waals surface area contributed by atoms with E-state index in [0.717, 1.165) is 11.8 Å². The lowest BCUT2D eigenvalue weighted by Gasteiger charge is -2.42. The van der Waals surface area contributed by atoms with Crippen LogP contribution < -0.4 is 0 Å². The molecule has 0 saturated heterocycles. The summed E-state index contributed by atoms with van der Waals surface area (Å²) in [5.41, 5.74) is 0.319. The second-order valence-corrected chi connectivity index (χ2v) is 6.78. The van der Waals surface area contributed by atoms with Gasteiger partial charge in [0.25, 0.3) is 0 Å². The zero-order valence-electron chi connectivity index (χ0n) is 11.6. The molecule has 0 aliphatic carbocycles. The molecular weight excluding hydrogens is 202 g/mol. The maximum Gasteiger partial charge on any atom is 0.0246 e. The summed E-state index contributed by atoms with van der Waals surface area (Å²) in [5, 5.41) is 0.736. The molecule has 0 saturated carbocycles. The van der Waals surface area contributed by atoms with E-state index in [1.165, 1.54) is 12.2 Å². The Morgan fingerprint density at radius 2 is 1.67 bits per heavy atom. The first-order chi connectivity index (χ1) is 6.85. The van der Waals surface area contributed by atoms with E-state index in [-0.39, 0.29) is 0 Å². The van der Waals surface area contributed by atoms with Crippen LogP contribution in [0.5, 0.6) is 0 Å². The summed E-state index contributed by atoms with van der Waals surface area (Å²) < 4.78 is 0. The van der Waals surface area contributed by atoms with Gasteiger partial charge in [0.2, 0.25) is 0 Å². The van der Waals surface area contributed by atoms with Gasteiger partial charge in [-0.3, -0.25) is 4.90 Å². The van der Waals surface area contributed by atoms with E-state index >= 15 is 0 Å². The Morgan fingerprint density at radius 3 is 2.00 bits per heavy atom. The number of thioether (sulfide) groups is 1. The average molecular weight is 231 g/mol. The molecule has 0 aliphatic heterocycles. The standard InChI is InChI=1S/C13H29NS/c1-8-12(5)14(9-2)13(6,7)10-15-11(3)4/h11-12H,8-10H2,1-7H3. The summed E-state index contributed by atoms with van der Waals surface area (Å²) in [6.45, 7) is 17.3. The van der Waals surface area contributed by atoms with Crippen molar-refractivity contribution in [1.29, 1.82) is 0 Å². The molecule has 0 bridgehead atoms. The van der Waals surface area contributed by atoms with Gasteiger partial charge in [-0.25, -0.2) is 0 Å². The van der Waals surface area contributed by atoms with Crippen LogP contribution in [0.2, 0.25) is 0 Å². The summed E-state index contributed by atoms with van der Waals surface area (Å²) in [6.07, 6.45) is 1.24. The van der Waals surface area contributed by atoms with Crippen LogP contribution >= 0.6 is 11.8 Å². The van der Waals surface area contributed by atoms with Crippen LogP contribution in [0.25, 0.3) is 0 Å². The van der Waals surface area contributed by atoms with E-state index in [1.807, 2.05) is 0 Å². The van der Waals surface area contributed by atoms with Crippen molar-refractivity contribution in [1.82, 2.24) is 4.90 Å². The fourth-order valence-electron chi connectivity index (χ4n) is 2.01. The van der Waals surface area contributed by atoms with Gasteiger partial charge < -0.3 is 0 Å². The Hall–Kier alpha value is 0.310. The maximum absolute atomic E-state index is 2.63. The largest absolute Gasteiger partial charge is 0.295 e. The zero-order valence-corrected chi connectivity index (χ0v) is 12.4. The molecule has 0 aliphatic rings. The predicted octanol–water partition coefficient (Wildman–Crippen LogP) is 4.03. The highest BCUT2D eigenvalue weighted by atomic mass is 32.2. The summed E-state index contributed by atoms with van der Waals surface area (Å²) in [7, 11) is 0. The van der Waals surface area contributed by atoms with Gasteiger partial charge in [0, 0.05) is 17.3 Å². The average Bonchev–Trinajstić information content (AvgIpc) is 2.15. The Bertz CT molecular complexity index is 166. The second-order valence-electron chi connectivity index (χ2n) is 5.22. The van der Waals surface area contributed by atoms with E-state index in [0.29, 0.717) is 11.6 Å². The van der Waals surface area contributed by atoms with Crippen LogP contribution in [0.3, 0.4) is 0 Å². The lowest BCUT2D eigenvalue weighted by molar-refractivity contribution is 0.0988. The summed E-state index contributed by atoms with van der Waals surface area (Å²) in [6, 6.07) is 0.692. The van der Waals surface area contributed by atoms with Crippen molar-refractivity contribution in [3.05, 3.63) is 0 Å². The van der Waals surface area contributed by atoms with Gasteiger partial charge in [0.05, 0.1) is 0 Å². The fraction of sp³-hybridized carbons (Fsp3) is 1.00. The van der Waals surface area contributed by atoms with Crippen LogP contribution in [-0.4, -0.2) is 34.0 Å². The number of rotatable bonds is 7. The normalized spacial score (nSPS) is 15.0. The maximum atomic E-state index is 2.63. The van der Waals surface area contributed by atoms with Crippen LogP contribution in [0.15, 0.2) is 0 Å². The van der Waals surface area contributed by atoms with Gasteiger partial charge in [-0.2, -0.15) is 11.8 Å². The molecule has 1 atom stereocenters. The molecule has 0 fully saturated rings. The van der Waals surface area contributed by atoms with Crippen molar-refractivity contribution in [2.75, 3.05) is 12.3 Å². The first-order valence-corrected chi connectivity index (χ1v) is 7.28. The van der Waals surface area contributed by atoms with Crippen molar-refractivity contribution in [2.24, 2.45) is 0 Å². The molecular formula is C13H29NS. The lowest BCUT2D eigenvalue weighted by Crippen LogP contribution is -2.50. The van der Waals surface area contributed by atoms with Crippen molar-refractivity contribution >= 4 is 11.8 Å². The predicted molar refractivity (Wildman–Crippen MR) is 73.8 cm³/mol. The minimum absolute atomic E-state index is 0.319. The van der Waals surface area contributed by atoms with Gasteiger partial charge in [0.15, 0.2) is 0 Å². The number of hydrogen-bond acceptors (Lipinski definition) is 2. The first-order valence-electron chi connectivity index (χ1n) is 6.23. The molecule has 0 spiro atoms. The SMILES string of the molecule is CCC(C)N(CC)C(C)(C)CSC(C)C. The molecule has 1 nitrogen and oxygen atoms in total. The van der Waals surface area contributed by atoms with Crippen molar-refractivity contribution in [3.63, 3.8) is 0 Å². The number of nitrogens with zero attached hydrogens (tertiary/aromatic N) is 1. The van der Waals surface area contributed by atoms with Crippen LogP contribution in [0.1, 0.15) is 54.9 Å². The molecule has 0 aromatic heterocycles. The third-order valence-electron chi connectivity index (χ3n) is 3.01. The smallest absolute Gasteiger partial charge is 0.0246 e. The van der Waals surface area contributed by atoms with E-state index in [2.05, 4.69) is 65.1 Å². The van der Waals surface area contributed by atoms with Crippen molar-refractivity contribution < 1.29 is 0 Å². The summed E-state index contributed by atoms with van der Waals surface area (Å²) in [4.78, 5) is 2.63. The molecule has 0 radical (unpaired) electrons. The van der Waals surface area contributed by atoms with Gasteiger partial charge >= 0.3 is 0 Å². The fourth-order valence-corrected chi connectivity index (χ4v) is 2.92. The highest BCUT2D eigenvalue weighted by Gasteiger charge is 2.28. The highest BCUT2D eigenvalue weighted by molar-refractivity contribution is 7.99. The molecule has 2 heteroatoms. The van der Waals surface area contributed by atoms with E-state index < -0.39 is 0 Å². The summed E-state index contributed by atoms with van der Waals surface area (Å²) in [5.74, 6) is 1.23. The van der Waals surface area contributed by atoms with Crippen LogP contribution in [0, 0.1) is 0 Å². The summed E-state index contributed by atoms with van der Waals surface area (Å²) >= 11 is 2.07. The number of hydrogen-bond donors (Lipinski definition) is 0. The Labute approximate surface area is 101 Å². The highest BCUT2D eigenvalue weighted by Crippen LogP contribution is 2.25. The van der Waals surface area contributed by atoms with E-state index in [4.69, 9.17) is 0 Å². The van der Waals surface area contributed by atoms with Gasteiger partial charge in [-0.1, -0.05) is 27.7 Å². The molecule has 0 rings (SSSR count). The van der Waals surface area contributed by atoms with Gasteiger partial charge in [0.1, 0.15) is 0 Å². The minimum Gasteiger partial charge on any atom is -0.295 e. The first kappa shape index (κ1) is 15.3. The second kappa shape index (κ2) is 6.80. The van der Waals surface area contributed by atoms with Crippen LogP contribution in [0.4, 0.5) is 0 Å². The van der Waals surface area contributed by atoms with Crippen molar-refractivity contribution in [3.8, 4) is 0 Å². The monoisotopic (exact) mass is 231 g/mol. The zero-order chi connectivity index (χ0) is 12.1. The topological polar surface area (TPSA) is 3.24 Å². The molecule has 0 N–H and O–H groups in total. The molecule has 15 heavy (non-hydrogen) atoms. The Kier molecular flexibility index (Phi) is 6.94. The third-order valence-corrected chi connectivity index (χ3v) is 4.55. The third kappa shape index (κ3) is 5.26. The van der Waals surface area contributed by atoms with Gasteiger partial charge in [-0.15, -0.1) is 0 Å².